The monoisotopic (exact) mass is 388 g/mol. The van der Waals surface area contributed by atoms with Gasteiger partial charge in [-0.1, -0.05) is 31.2 Å². The molecule has 2 heterocycles. The van der Waals surface area contributed by atoms with Crippen molar-refractivity contribution in [1.29, 1.82) is 0 Å². The number of rotatable bonds is 4. The molecule has 2 aromatic heterocycles. The van der Waals surface area contributed by atoms with E-state index in [2.05, 4.69) is 10.3 Å². The Morgan fingerprint density at radius 2 is 1.86 bits per heavy atom. The van der Waals surface area contributed by atoms with Gasteiger partial charge in [0.25, 0.3) is 5.56 Å². The number of hydrogen-bond donors (Lipinski definition) is 1. The summed E-state index contributed by atoms with van der Waals surface area (Å²) in [5.41, 5.74) is 4.91. The number of amides is 1. The first kappa shape index (κ1) is 18.9. The van der Waals surface area contributed by atoms with Gasteiger partial charge in [-0.15, -0.1) is 0 Å². The molecule has 0 saturated carbocycles. The van der Waals surface area contributed by atoms with E-state index in [1.807, 2.05) is 79.4 Å². The Labute approximate surface area is 168 Å². The number of fused-ring (bicyclic) bond motifs is 3. The molecule has 1 atom stereocenters. The average Bonchev–Trinajstić information content (AvgIpc) is 3.01. The number of anilines is 1. The smallest absolute Gasteiger partial charge is 0.273 e. The maximum absolute atomic E-state index is 13.3. The lowest BCUT2D eigenvalue weighted by Gasteiger charge is -2.21. The number of nitrogens with one attached hydrogen (secondary N) is 1. The minimum absolute atomic E-state index is 0.0954. The van der Waals surface area contributed by atoms with Crippen LogP contribution in [0.1, 0.15) is 36.2 Å². The molecule has 148 valence electrons. The topological polar surface area (TPSA) is 68.4 Å². The van der Waals surface area contributed by atoms with E-state index in [1.165, 1.54) is 6.07 Å². The summed E-state index contributed by atoms with van der Waals surface area (Å²) in [6, 6.07) is 14.7. The first-order valence-corrected chi connectivity index (χ1v) is 9.79. The van der Waals surface area contributed by atoms with E-state index < -0.39 is 6.04 Å². The highest BCUT2D eigenvalue weighted by atomic mass is 16.2. The van der Waals surface area contributed by atoms with Gasteiger partial charge in [-0.25, -0.2) is 4.52 Å². The largest absolute Gasteiger partial charge is 0.324 e. The fraction of sp³-hybridized carbons (Fsp3) is 0.261. The second-order valence-electron chi connectivity index (χ2n) is 7.39. The van der Waals surface area contributed by atoms with Crippen LogP contribution >= 0.6 is 0 Å². The Balaban J connectivity index is 1.90. The highest BCUT2D eigenvalue weighted by Crippen LogP contribution is 2.28. The molecule has 0 saturated heterocycles. The Morgan fingerprint density at radius 3 is 2.62 bits per heavy atom. The van der Waals surface area contributed by atoms with Crippen molar-refractivity contribution in [3.05, 3.63) is 75.7 Å². The summed E-state index contributed by atoms with van der Waals surface area (Å²) in [5, 5.41) is 3.95. The normalized spacial score (nSPS) is 12.4. The molecule has 4 rings (SSSR count). The molecule has 0 aliphatic heterocycles. The predicted molar refractivity (Wildman–Crippen MR) is 116 cm³/mol. The molecule has 1 amide bonds. The number of benzene rings is 2. The zero-order valence-electron chi connectivity index (χ0n) is 17.1. The van der Waals surface area contributed by atoms with Crippen molar-refractivity contribution >= 4 is 28.1 Å². The quantitative estimate of drug-likeness (QED) is 0.571. The summed E-state index contributed by atoms with van der Waals surface area (Å²) in [6.07, 6.45) is 0.593. The average molecular weight is 388 g/mol. The molecule has 0 bridgehead atoms. The SMILES string of the molecule is CC[C@@H](C(=O)Nc1cccc(C)c1C)n1c2ccccc2c2nc(=O)cc(C)n21. The molecule has 0 aliphatic carbocycles. The van der Waals surface area contributed by atoms with Crippen molar-refractivity contribution in [1.82, 2.24) is 14.2 Å². The molecule has 1 N–H and O–H groups in total. The van der Waals surface area contributed by atoms with Gasteiger partial charge in [0.15, 0.2) is 5.65 Å². The molecule has 0 fully saturated rings. The number of aromatic nitrogens is 3. The molecule has 0 radical (unpaired) electrons. The summed E-state index contributed by atoms with van der Waals surface area (Å²) < 4.78 is 3.83. The van der Waals surface area contributed by atoms with Crippen LogP contribution in [0.4, 0.5) is 5.69 Å². The lowest BCUT2D eigenvalue weighted by Crippen LogP contribution is -2.29. The van der Waals surface area contributed by atoms with Crippen molar-refractivity contribution in [3.63, 3.8) is 0 Å². The minimum atomic E-state index is -0.458. The molecule has 29 heavy (non-hydrogen) atoms. The summed E-state index contributed by atoms with van der Waals surface area (Å²) in [7, 11) is 0. The highest BCUT2D eigenvalue weighted by Gasteiger charge is 2.25. The van der Waals surface area contributed by atoms with Gasteiger partial charge < -0.3 is 5.32 Å². The van der Waals surface area contributed by atoms with Crippen molar-refractivity contribution in [2.75, 3.05) is 5.32 Å². The third kappa shape index (κ3) is 3.10. The van der Waals surface area contributed by atoms with E-state index in [0.717, 1.165) is 33.4 Å². The van der Waals surface area contributed by atoms with Crippen molar-refractivity contribution in [3.8, 4) is 0 Å². The Kier molecular flexibility index (Phi) is 4.70. The Hall–Kier alpha value is -3.41. The second kappa shape index (κ2) is 7.20. The van der Waals surface area contributed by atoms with Gasteiger partial charge in [-0.2, -0.15) is 4.98 Å². The first-order valence-electron chi connectivity index (χ1n) is 9.79. The third-order valence-electron chi connectivity index (χ3n) is 5.54. The van der Waals surface area contributed by atoms with E-state index in [9.17, 15) is 9.59 Å². The van der Waals surface area contributed by atoms with Crippen LogP contribution in [0.5, 0.6) is 0 Å². The molecular formula is C23H24N4O2. The number of carbonyl (C=O) groups is 1. The molecular weight excluding hydrogens is 364 g/mol. The van der Waals surface area contributed by atoms with Gasteiger partial charge in [0.05, 0.1) is 5.52 Å². The predicted octanol–water partition coefficient (Wildman–Crippen LogP) is 4.16. The molecule has 0 aliphatic rings. The zero-order valence-corrected chi connectivity index (χ0v) is 17.1. The van der Waals surface area contributed by atoms with Crippen LogP contribution in [0.15, 0.2) is 53.3 Å². The molecule has 6 nitrogen and oxygen atoms in total. The first-order chi connectivity index (χ1) is 13.9. The van der Waals surface area contributed by atoms with Crippen LogP contribution in [-0.2, 0) is 4.79 Å². The van der Waals surface area contributed by atoms with Crippen molar-refractivity contribution in [2.45, 2.75) is 40.2 Å². The van der Waals surface area contributed by atoms with E-state index in [-0.39, 0.29) is 11.5 Å². The van der Waals surface area contributed by atoms with E-state index >= 15 is 0 Å². The third-order valence-corrected chi connectivity index (χ3v) is 5.54. The summed E-state index contributed by atoms with van der Waals surface area (Å²) >= 11 is 0. The van der Waals surface area contributed by atoms with Crippen LogP contribution in [-0.4, -0.2) is 20.1 Å². The fourth-order valence-corrected chi connectivity index (χ4v) is 3.89. The van der Waals surface area contributed by atoms with Crippen molar-refractivity contribution in [2.24, 2.45) is 0 Å². The summed E-state index contributed by atoms with van der Waals surface area (Å²) in [6.45, 7) is 7.88. The lowest BCUT2D eigenvalue weighted by molar-refractivity contribution is -0.119. The van der Waals surface area contributed by atoms with Crippen LogP contribution in [0.3, 0.4) is 0 Å². The Bertz CT molecular complexity index is 1300. The van der Waals surface area contributed by atoms with Crippen LogP contribution < -0.4 is 10.9 Å². The molecule has 0 unspecified atom stereocenters. The van der Waals surface area contributed by atoms with Crippen LogP contribution in [0, 0.1) is 20.8 Å². The van der Waals surface area contributed by atoms with Crippen molar-refractivity contribution < 1.29 is 4.79 Å². The van der Waals surface area contributed by atoms with Gasteiger partial charge in [-0.3, -0.25) is 14.3 Å². The van der Waals surface area contributed by atoms with Crippen LogP contribution in [0.2, 0.25) is 0 Å². The van der Waals surface area contributed by atoms with E-state index in [0.29, 0.717) is 12.1 Å². The van der Waals surface area contributed by atoms with Gasteiger partial charge in [0.1, 0.15) is 6.04 Å². The number of para-hydroxylation sites is 1. The number of aryl methyl sites for hydroxylation is 2. The van der Waals surface area contributed by atoms with Gasteiger partial charge >= 0.3 is 0 Å². The van der Waals surface area contributed by atoms with E-state index in [4.69, 9.17) is 0 Å². The van der Waals surface area contributed by atoms with Gasteiger partial charge in [-0.05, 0) is 56.5 Å². The highest BCUT2D eigenvalue weighted by molar-refractivity contribution is 5.98. The molecule has 4 aromatic rings. The Morgan fingerprint density at radius 1 is 1.10 bits per heavy atom. The number of hydrogen-bond acceptors (Lipinski definition) is 3. The molecule has 2 aromatic carbocycles. The zero-order chi connectivity index (χ0) is 20.7. The maximum Gasteiger partial charge on any atom is 0.273 e. The lowest BCUT2D eigenvalue weighted by atomic mass is 10.1. The fourth-order valence-electron chi connectivity index (χ4n) is 3.89. The standard InChI is InChI=1S/C23H24N4O2/c1-5-19(23(29)24-18-11-8-9-14(2)16(18)4)27-20-12-7-6-10-17(20)22-25-21(28)13-15(3)26(22)27/h6-13,19H,5H2,1-4H3,(H,24,29)/t19-/m0/s1. The van der Waals surface area contributed by atoms with Gasteiger partial charge in [0.2, 0.25) is 5.91 Å². The summed E-state index contributed by atoms with van der Waals surface area (Å²) in [5.74, 6) is -0.0954. The van der Waals surface area contributed by atoms with E-state index in [1.54, 1.807) is 0 Å². The minimum Gasteiger partial charge on any atom is -0.324 e. The van der Waals surface area contributed by atoms with Crippen LogP contribution in [0.25, 0.3) is 16.6 Å². The van der Waals surface area contributed by atoms with Gasteiger partial charge in [0, 0.05) is 22.8 Å². The number of nitrogens with zero attached hydrogens (tertiary/aromatic N) is 3. The summed E-state index contributed by atoms with van der Waals surface area (Å²) in [4.78, 5) is 29.6. The number of carbonyl (C=O) groups excluding carboxylic acids is 1. The maximum atomic E-state index is 13.3. The second-order valence-corrected chi connectivity index (χ2v) is 7.39. The molecule has 0 spiro atoms. The molecule has 6 heteroatoms.